The van der Waals surface area contributed by atoms with E-state index < -0.39 is 0 Å². The van der Waals surface area contributed by atoms with Crippen LogP contribution < -0.4 is 4.74 Å². The SMILES string of the molecule is CCOC(=O)c1c(-c2ccc(OC)cc2)n(C)c2ccccc12. The van der Waals surface area contributed by atoms with Crippen molar-refractivity contribution in [2.24, 2.45) is 7.05 Å². The molecule has 0 fully saturated rings. The van der Waals surface area contributed by atoms with E-state index in [1.54, 1.807) is 7.11 Å². The minimum atomic E-state index is -0.296. The van der Waals surface area contributed by atoms with Crippen LogP contribution in [0.4, 0.5) is 0 Å². The number of esters is 1. The average molecular weight is 309 g/mol. The highest BCUT2D eigenvalue weighted by Crippen LogP contribution is 2.34. The van der Waals surface area contributed by atoms with E-state index in [4.69, 9.17) is 9.47 Å². The van der Waals surface area contributed by atoms with Gasteiger partial charge in [0.15, 0.2) is 0 Å². The Morgan fingerprint density at radius 1 is 1.09 bits per heavy atom. The minimum absolute atomic E-state index is 0.296. The largest absolute Gasteiger partial charge is 0.497 e. The van der Waals surface area contributed by atoms with Gasteiger partial charge in [-0.15, -0.1) is 0 Å². The number of hydrogen-bond donors (Lipinski definition) is 0. The summed E-state index contributed by atoms with van der Waals surface area (Å²) in [7, 11) is 3.60. The standard InChI is InChI=1S/C19H19NO3/c1-4-23-19(21)17-15-7-5-6-8-16(15)20(2)18(17)13-9-11-14(22-3)12-10-13/h5-12H,4H2,1-3H3. The molecule has 3 rings (SSSR count). The van der Waals surface area contributed by atoms with Crippen LogP contribution in [0.5, 0.6) is 5.75 Å². The van der Waals surface area contributed by atoms with Crippen molar-refractivity contribution in [1.82, 2.24) is 4.57 Å². The zero-order valence-electron chi connectivity index (χ0n) is 13.5. The fourth-order valence-electron chi connectivity index (χ4n) is 2.89. The van der Waals surface area contributed by atoms with Gasteiger partial charge in [0.05, 0.1) is 25.0 Å². The molecule has 0 N–H and O–H groups in total. The van der Waals surface area contributed by atoms with Crippen molar-refractivity contribution in [3.05, 3.63) is 54.1 Å². The number of rotatable bonds is 4. The van der Waals surface area contributed by atoms with Gasteiger partial charge in [0.25, 0.3) is 0 Å². The van der Waals surface area contributed by atoms with Gasteiger partial charge in [0.1, 0.15) is 5.75 Å². The first kappa shape index (κ1) is 15.2. The molecule has 0 bridgehead atoms. The summed E-state index contributed by atoms with van der Waals surface area (Å²) in [4.78, 5) is 12.5. The molecule has 1 aromatic heterocycles. The van der Waals surface area contributed by atoms with Crippen molar-refractivity contribution in [3.63, 3.8) is 0 Å². The van der Waals surface area contributed by atoms with Crippen LogP contribution in [0.3, 0.4) is 0 Å². The molecule has 0 saturated heterocycles. The molecule has 0 aliphatic carbocycles. The summed E-state index contributed by atoms with van der Waals surface area (Å²) in [6.07, 6.45) is 0. The second-order valence-electron chi connectivity index (χ2n) is 5.25. The third-order valence-electron chi connectivity index (χ3n) is 3.95. The molecular formula is C19H19NO3. The molecule has 4 heteroatoms. The van der Waals surface area contributed by atoms with Crippen molar-refractivity contribution in [2.75, 3.05) is 13.7 Å². The average Bonchev–Trinajstić information content (AvgIpc) is 2.88. The number of fused-ring (bicyclic) bond motifs is 1. The van der Waals surface area contributed by atoms with Crippen LogP contribution in [0.2, 0.25) is 0 Å². The lowest BCUT2D eigenvalue weighted by atomic mass is 10.1. The molecule has 0 radical (unpaired) electrons. The molecule has 0 unspecified atom stereocenters. The van der Waals surface area contributed by atoms with E-state index in [-0.39, 0.29) is 5.97 Å². The summed E-state index contributed by atoms with van der Waals surface area (Å²) in [5, 5.41) is 0.902. The normalized spacial score (nSPS) is 10.7. The van der Waals surface area contributed by atoms with Gasteiger partial charge < -0.3 is 14.0 Å². The molecule has 2 aromatic carbocycles. The first-order valence-corrected chi connectivity index (χ1v) is 7.56. The van der Waals surface area contributed by atoms with Gasteiger partial charge in [-0.25, -0.2) is 4.79 Å². The number of benzene rings is 2. The summed E-state index contributed by atoms with van der Waals surface area (Å²) >= 11 is 0. The zero-order valence-corrected chi connectivity index (χ0v) is 13.5. The number of aryl methyl sites for hydroxylation is 1. The summed E-state index contributed by atoms with van der Waals surface area (Å²) in [6, 6.07) is 15.5. The van der Waals surface area contributed by atoms with Crippen molar-refractivity contribution in [1.29, 1.82) is 0 Å². The van der Waals surface area contributed by atoms with E-state index >= 15 is 0 Å². The first-order valence-electron chi connectivity index (χ1n) is 7.56. The number of para-hydroxylation sites is 1. The molecule has 0 amide bonds. The van der Waals surface area contributed by atoms with E-state index in [2.05, 4.69) is 0 Å². The smallest absolute Gasteiger partial charge is 0.340 e. The third-order valence-corrected chi connectivity index (χ3v) is 3.95. The topological polar surface area (TPSA) is 40.5 Å². The lowest BCUT2D eigenvalue weighted by Gasteiger charge is -2.09. The quantitative estimate of drug-likeness (QED) is 0.683. The molecule has 0 aliphatic heterocycles. The highest BCUT2D eigenvalue weighted by Gasteiger charge is 2.23. The Kier molecular flexibility index (Phi) is 4.06. The van der Waals surface area contributed by atoms with E-state index in [9.17, 15) is 4.79 Å². The van der Waals surface area contributed by atoms with Gasteiger partial charge in [0.2, 0.25) is 0 Å². The molecule has 0 atom stereocenters. The van der Waals surface area contributed by atoms with Crippen LogP contribution in [0.25, 0.3) is 22.2 Å². The predicted octanol–water partition coefficient (Wildman–Crippen LogP) is 4.03. The van der Waals surface area contributed by atoms with Crippen LogP contribution in [0, 0.1) is 0 Å². The Morgan fingerprint density at radius 2 is 1.78 bits per heavy atom. The molecule has 23 heavy (non-hydrogen) atoms. The highest BCUT2D eigenvalue weighted by atomic mass is 16.5. The van der Waals surface area contributed by atoms with Gasteiger partial charge in [-0.05, 0) is 42.8 Å². The molecule has 0 aliphatic rings. The molecule has 118 valence electrons. The maximum absolute atomic E-state index is 12.5. The van der Waals surface area contributed by atoms with Crippen molar-refractivity contribution >= 4 is 16.9 Å². The first-order chi connectivity index (χ1) is 11.2. The summed E-state index contributed by atoms with van der Waals surface area (Å²) in [5.74, 6) is 0.486. The number of methoxy groups -OCH3 is 1. The second kappa shape index (κ2) is 6.16. The number of hydrogen-bond acceptors (Lipinski definition) is 3. The lowest BCUT2D eigenvalue weighted by Crippen LogP contribution is -2.06. The Hall–Kier alpha value is -2.75. The summed E-state index contributed by atoms with van der Waals surface area (Å²) < 4.78 is 12.5. The minimum Gasteiger partial charge on any atom is -0.497 e. The number of carbonyl (C=O) groups is 1. The fraction of sp³-hybridized carbons (Fsp3) is 0.211. The second-order valence-corrected chi connectivity index (χ2v) is 5.25. The van der Waals surface area contributed by atoms with Gasteiger partial charge >= 0.3 is 5.97 Å². The van der Waals surface area contributed by atoms with Gasteiger partial charge in [-0.1, -0.05) is 18.2 Å². The Balaban J connectivity index is 2.27. The third kappa shape index (κ3) is 2.57. The lowest BCUT2D eigenvalue weighted by molar-refractivity contribution is 0.0529. The predicted molar refractivity (Wildman–Crippen MR) is 90.9 cm³/mol. The molecule has 1 heterocycles. The molecule has 4 nitrogen and oxygen atoms in total. The van der Waals surface area contributed by atoms with Crippen LogP contribution >= 0.6 is 0 Å². The molecule has 0 saturated carbocycles. The van der Waals surface area contributed by atoms with Crippen molar-refractivity contribution in [2.45, 2.75) is 6.92 Å². The van der Waals surface area contributed by atoms with Crippen molar-refractivity contribution in [3.8, 4) is 17.0 Å². The van der Waals surface area contributed by atoms with Crippen LogP contribution in [0.1, 0.15) is 17.3 Å². The molecule has 3 aromatic rings. The van der Waals surface area contributed by atoms with Crippen LogP contribution in [-0.4, -0.2) is 24.3 Å². The summed E-state index contributed by atoms with van der Waals surface area (Å²) in [5.41, 5.74) is 3.41. The Morgan fingerprint density at radius 3 is 2.43 bits per heavy atom. The highest BCUT2D eigenvalue weighted by molar-refractivity contribution is 6.10. The summed E-state index contributed by atoms with van der Waals surface area (Å²) in [6.45, 7) is 2.17. The van der Waals surface area contributed by atoms with Crippen molar-refractivity contribution < 1.29 is 14.3 Å². The number of aromatic nitrogens is 1. The van der Waals surface area contributed by atoms with Gasteiger partial charge in [-0.3, -0.25) is 0 Å². The monoisotopic (exact) mass is 309 g/mol. The zero-order chi connectivity index (χ0) is 16.4. The Labute approximate surface area is 135 Å². The number of carbonyl (C=O) groups excluding carboxylic acids is 1. The van der Waals surface area contributed by atoms with Crippen LogP contribution in [0.15, 0.2) is 48.5 Å². The molecule has 0 spiro atoms. The Bertz CT molecular complexity index is 847. The van der Waals surface area contributed by atoms with Gasteiger partial charge in [-0.2, -0.15) is 0 Å². The van der Waals surface area contributed by atoms with E-state index in [0.717, 1.165) is 27.9 Å². The molecular weight excluding hydrogens is 290 g/mol. The number of nitrogens with zero attached hydrogens (tertiary/aromatic N) is 1. The maximum Gasteiger partial charge on any atom is 0.340 e. The van der Waals surface area contributed by atoms with E-state index in [1.165, 1.54) is 0 Å². The van der Waals surface area contributed by atoms with Gasteiger partial charge in [0, 0.05) is 18.0 Å². The maximum atomic E-state index is 12.5. The van der Waals surface area contributed by atoms with Crippen LogP contribution in [-0.2, 0) is 11.8 Å². The number of ether oxygens (including phenoxy) is 2. The fourth-order valence-corrected chi connectivity index (χ4v) is 2.89. The van der Waals surface area contributed by atoms with E-state index in [0.29, 0.717) is 12.2 Å². The van der Waals surface area contributed by atoms with E-state index in [1.807, 2.05) is 67.1 Å².